The van der Waals surface area contributed by atoms with Gasteiger partial charge in [-0.25, -0.2) is 0 Å². The van der Waals surface area contributed by atoms with Gasteiger partial charge in [-0.1, -0.05) is 0 Å². The number of nitrogens with zero attached hydrogens (tertiary/aromatic N) is 4. The quantitative estimate of drug-likeness (QED) is 0.650. The minimum atomic E-state index is -4.88. The lowest BCUT2D eigenvalue weighted by Crippen LogP contribution is -2.44. The molecule has 1 amide bonds. The van der Waals surface area contributed by atoms with Crippen LogP contribution in [0, 0.1) is 0 Å². The Hall–Kier alpha value is -1.96. The van der Waals surface area contributed by atoms with Crippen LogP contribution in [0.25, 0.3) is 0 Å². The molecular formula is C19H25F3N4O. The number of unbranched alkanes of at least 4 members (excludes halogenated alkanes) is 1. The molecule has 5 nitrogen and oxygen atoms in total. The lowest BCUT2D eigenvalue weighted by Gasteiger charge is -2.27. The molecule has 2 aliphatic carbocycles. The number of amides is 1. The molecule has 0 saturated heterocycles. The van der Waals surface area contributed by atoms with Crippen molar-refractivity contribution in [2.24, 2.45) is 4.99 Å². The first-order chi connectivity index (χ1) is 12.8. The van der Waals surface area contributed by atoms with E-state index in [2.05, 4.69) is 4.98 Å². The highest BCUT2D eigenvalue weighted by Gasteiger charge is 2.44. The Kier molecular flexibility index (Phi) is 5.83. The number of carbonyl (C=O) groups excluding carboxylic acids is 1. The number of carbonyl (C=O) groups is 1. The average Bonchev–Trinajstić information content (AvgIpc) is 3.38. The van der Waals surface area contributed by atoms with E-state index in [0.717, 1.165) is 42.0 Å². The van der Waals surface area contributed by atoms with E-state index < -0.39 is 12.1 Å². The number of pyridine rings is 1. The Morgan fingerprint density at radius 3 is 2.59 bits per heavy atom. The Balaban J connectivity index is 1.74. The van der Waals surface area contributed by atoms with Crippen molar-refractivity contribution in [2.45, 2.75) is 43.8 Å². The molecule has 1 aromatic heterocycles. The van der Waals surface area contributed by atoms with Crippen LogP contribution in [0.1, 0.15) is 42.9 Å². The summed E-state index contributed by atoms with van der Waals surface area (Å²) in [5.74, 6) is -2.16. The highest BCUT2D eigenvalue weighted by molar-refractivity contribution is 6.08. The van der Waals surface area contributed by atoms with Gasteiger partial charge in [-0.15, -0.1) is 0 Å². The normalized spacial score (nSPS) is 20.5. The van der Waals surface area contributed by atoms with E-state index in [1.165, 1.54) is 0 Å². The molecule has 27 heavy (non-hydrogen) atoms. The van der Waals surface area contributed by atoms with Gasteiger partial charge in [0.25, 0.3) is 0 Å². The number of rotatable bonds is 8. The molecular weight excluding hydrogens is 357 g/mol. The van der Waals surface area contributed by atoms with Gasteiger partial charge in [-0.2, -0.15) is 13.2 Å². The largest absolute Gasteiger partial charge is 0.471 e. The monoisotopic (exact) mass is 382 g/mol. The third-order valence-corrected chi connectivity index (χ3v) is 4.85. The zero-order chi connectivity index (χ0) is 19.6. The number of aromatic nitrogens is 1. The van der Waals surface area contributed by atoms with Gasteiger partial charge in [0.2, 0.25) is 0 Å². The summed E-state index contributed by atoms with van der Waals surface area (Å²) in [6, 6.07) is 3.95. The van der Waals surface area contributed by atoms with Crippen LogP contribution in [0.15, 0.2) is 23.3 Å². The van der Waals surface area contributed by atoms with Crippen molar-refractivity contribution in [1.29, 1.82) is 0 Å². The highest BCUT2D eigenvalue weighted by atomic mass is 19.4. The van der Waals surface area contributed by atoms with E-state index in [0.29, 0.717) is 12.1 Å². The van der Waals surface area contributed by atoms with Crippen LogP contribution < -0.4 is 0 Å². The number of alkyl halides is 3. The first kappa shape index (κ1) is 19.8. The third-order valence-electron chi connectivity index (χ3n) is 4.85. The van der Waals surface area contributed by atoms with Gasteiger partial charge in [0.05, 0.1) is 23.4 Å². The van der Waals surface area contributed by atoms with Gasteiger partial charge in [0.1, 0.15) is 0 Å². The Morgan fingerprint density at radius 1 is 1.26 bits per heavy atom. The van der Waals surface area contributed by atoms with E-state index in [4.69, 9.17) is 4.99 Å². The minimum Gasteiger partial charge on any atom is -0.334 e. The van der Waals surface area contributed by atoms with Gasteiger partial charge in [-0.3, -0.25) is 14.8 Å². The van der Waals surface area contributed by atoms with Crippen LogP contribution in [0.4, 0.5) is 13.2 Å². The molecule has 0 N–H and O–H groups in total. The molecule has 1 saturated carbocycles. The summed E-state index contributed by atoms with van der Waals surface area (Å²) in [4.78, 5) is 23.9. The maximum Gasteiger partial charge on any atom is 0.471 e. The van der Waals surface area contributed by atoms with Crippen molar-refractivity contribution in [3.8, 4) is 0 Å². The number of halogens is 3. The Morgan fingerprint density at radius 2 is 1.96 bits per heavy atom. The van der Waals surface area contributed by atoms with Crippen LogP contribution in [-0.4, -0.2) is 72.4 Å². The minimum absolute atomic E-state index is 0.0353. The maximum atomic E-state index is 13.1. The number of fused-ring (bicyclic) bond motifs is 2. The van der Waals surface area contributed by atoms with E-state index >= 15 is 0 Å². The fourth-order valence-electron chi connectivity index (χ4n) is 3.29. The molecule has 1 fully saturated rings. The van der Waals surface area contributed by atoms with Gasteiger partial charge >= 0.3 is 12.1 Å². The lowest BCUT2D eigenvalue weighted by molar-refractivity contribution is -0.185. The third kappa shape index (κ3) is 5.06. The zero-order valence-electron chi connectivity index (χ0n) is 15.7. The van der Waals surface area contributed by atoms with Crippen LogP contribution >= 0.6 is 0 Å². The second-order valence-corrected chi connectivity index (χ2v) is 7.53. The molecule has 0 aliphatic heterocycles. The number of hydrogen-bond acceptors (Lipinski definition) is 4. The van der Waals surface area contributed by atoms with Crippen LogP contribution in [-0.2, 0) is 4.79 Å². The molecule has 3 rings (SSSR count). The second-order valence-electron chi connectivity index (χ2n) is 7.53. The smallest absolute Gasteiger partial charge is 0.334 e. The van der Waals surface area contributed by atoms with Crippen molar-refractivity contribution < 1.29 is 18.0 Å². The van der Waals surface area contributed by atoms with E-state index in [1.807, 2.05) is 31.1 Å². The Labute approximate surface area is 157 Å². The van der Waals surface area contributed by atoms with E-state index in [9.17, 15) is 18.0 Å². The molecule has 148 valence electrons. The van der Waals surface area contributed by atoms with Crippen LogP contribution in [0.2, 0.25) is 0 Å². The molecule has 2 bridgehead atoms. The fraction of sp³-hybridized carbons (Fsp3) is 0.632. The summed E-state index contributed by atoms with van der Waals surface area (Å²) in [6.07, 6.45) is 0.0477. The van der Waals surface area contributed by atoms with Crippen molar-refractivity contribution in [1.82, 2.24) is 14.8 Å². The molecule has 1 unspecified atom stereocenters. The molecule has 8 heteroatoms. The van der Waals surface area contributed by atoms with Gasteiger partial charge < -0.3 is 9.80 Å². The summed E-state index contributed by atoms with van der Waals surface area (Å²) in [5.41, 5.74) is 2.38. The first-order valence-electron chi connectivity index (χ1n) is 9.30. The number of hydrogen-bond donors (Lipinski definition) is 0. The molecule has 0 aromatic carbocycles. The summed E-state index contributed by atoms with van der Waals surface area (Å²) < 4.78 is 39.3. The molecule has 0 radical (unpaired) electrons. The van der Waals surface area contributed by atoms with Crippen LogP contribution in [0.3, 0.4) is 0 Å². The molecule has 1 heterocycles. The van der Waals surface area contributed by atoms with Crippen molar-refractivity contribution in [2.75, 3.05) is 33.7 Å². The summed E-state index contributed by atoms with van der Waals surface area (Å²) in [6.45, 7) is 0.815. The van der Waals surface area contributed by atoms with E-state index in [-0.39, 0.29) is 25.0 Å². The zero-order valence-corrected chi connectivity index (χ0v) is 15.7. The standard InChI is InChI=1S/C19H25F3N4O/c1-25(2)9-3-4-10-26(18(27)19(20,21)22)12-15-16-11-13(7-8-23-16)17(15)24-14-5-6-14/h7-8,11,14-15H,3-6,9-10,12H2,1-2H3. The second kappa shape index (κ2) is 7.96. The Bertz CT molecular complexity index is 713. The van der Waals surface area contributed by atoms with Crippen molar-refractivity contribution in [3.63, 3.8) is 0 Å². The first-order valence-corrected chi connectivity index (χ1v) is 9.30. The molecule has 1 atom stereocenters. The van der Waals surface area contributed by atoms with Gasteiger partial charge in [0.15, 0.2) is 0 Å². The predicted octanol–water partition coefficient (Wildman–Crippen LogP) is 2.86. The lowest BCUT2D eigenvalue weighted by atomic mass is 10.0. The van der Waals surface area contributed by atoms with E-state index in [1.54, 1.807) is 6.20 Å². The SMILES string of the molecule is CN(C)CCCCN(CC1C(=NC2CC2)c2ccnc1c2)C(=O)C(F)(F)F. The van der Waals surface area contributed by atoms with Crippen molar-refractivity contribution >= 4 is 11.6 Å². The maximum absolute atomic E-state index is 13.1. The van der Waals surface area contributed by atoms with Crippen molar-refractivity contribution in [3.05, 3.63) is 29.6 Å². The molecule has 0 spiro atoms. The van der Waals surface area contributed by atoms with Gasteiger partial charge in [0, 0.05) is 19.3 Å². The fourth-order valence-corrected chi connectivity index (χ4v) is 3.29. The topological polar surface area (TPSA) is 48.8 Å². The summed E-state index contributed by atoms with van der Waals surface area (Å²) in [5, 5.41) is 0. The van der Waals surface area contributed by atoms with Crippen LogP contribution in [0.5, 0.6) is 0 Å². The number of aliphatic imine (C=N–C) groups is 1. The average molecular weight is 382 g/mol. The predicted molar refractivity (Wildman–Crippen MR) is 97.0 cm³/mol. The van der Waals surface area contributed by atoms with Gasteiger partial charge in [-0.05, 0) is 64.0 Å². The highest BCUT2D eigenvalue weighted by Crippen LogP contribution is 2.34. The molecule has 2 aliphatic rings. The molecule has 1 aromatic rings. The summed E-state index contributed by atoms with van der Waals surface area (Å²) >= 11 is 0. The summed E-state index contributed by atoms with van der Waals surface area (Å²) in [7, 11) is 3.83.